The molecule has 1 heterocycles. The highest BCUT2D eigenvalue weighted by Crippen LogP contribution is 2.20. The molecule has 4 aromatic rings. The Morgan fingerprint density at radius 1 is 0.857 bits per heavy atom. The summed E-state index contributed by atoms with van der Waals surface area (Å²) in [5.41, 5.74) is 2.64. The molecule has 1 aromatic heterocycles. The number of esters is 1. The number of ether oxygens (including phenoxy) is 1. The Morgan fingerprint density at radius 3 is 2.00 bits per heavy atom. The monoisotopic (exact) mass is 371 g/mol. The van der Waals surface area contributed by atoms with Crippen molar-refractivity contribution in [3.05, 3.63) is 88.6 Å². The van der Waals surface area contributed by atoms with Crippen LogP contribution >= 0.6 is 0 Å². The molecule has 0 saturated heterocycles. The topological polar surface area (TPSA) is 48.3 Å². The van der Waals surface area contributed by atoms with Crippen LogP contribution < -0.4 is 10.2 Å². The smallest absolute Gasteiger partial charge is 0.331 e. The lowest BCUT2D eigenvalue weighted by atomic mass is 10.1. The van der Waals surface area contributed by atoms with Gasteiger partial charge in [0.05, 0.1) is 11.0 Å². The van der Waals surface area contributed by atoms with Gasteiger partial charge in [-0.15, -0.1) is 0 Å². The van der Waals surface area contributed by atoms with Crippen LogP contribution in [-0.2, 0) is 17.8 Å². The van der Waals surface area contributed by atoms with Crippen molar-refractivity contribution in [3.8, 4) is 5.75 Å². The maximum Gasteiger partial charge on any atom is 0.331 e. The van der Waals surface area contributed by atoms with E-state index in [0.29, 0.717) is 16.5 Å². The first kappa shape index (κ1) is 18.0. The fourth-order valence-corrected chi connectivity index (χ4v) is 3.55. The van der Waals surface area contributed by atoms with Crippen LogP contribution in [0, 0.1) is 0 Å². The highest BCUT2D eigenvalue weighted by atomic mass is 16.5. The van der Waals surface area contributed by atoms with E-state index in [9.17, 15) is 9.59 Å². The maximum absolute atomic E-state index is 12.8. The molecule has 0 amide bonds. The van der Waals surface area contributed by atoms with Crippen molar-refractivity contribution < 1.29 is 9.53 Å². The number of para-hydroxylation sites is 2. The molecule has 0 aliphatic carbocycles. The van der Waals surface area contributed by atoms with Crippen LogP contribution in [-0.4, -0.2) is 10.5 Å². The number of pyridine rings is 1. The molecule has 3 aromatic carbocycles. The zero-order chi connectivity index (χ0) is 19.5. The van der Waals surface area contributed by atoms with Crippen LogP contribution in [0.2, 0.25) is 0 Å². The van der Waals surface area contributed by atoms with E-state index < -0.39 is 0 Å². The molecule has 0 aliphatic heterocycles. The van der Waals surface area contributed by atoms with Crippen molar-refractivity contribution in [2.45, 2.75) is 26.3 Å². The molecule has 0 aliphatic rings. The van der Waals surface area contributed by atoms with Gasteiger partial charge in [-0.1, -0.05) is 49.7 Å². The molecule has 0 saturated carbocycles. The Balaban J connectivity index is 1.69. The minimum atomic E-state index is -0.373. The molecule has 28 heavy (non-hydrogen) atoms. The number of carbonyl (C=O) groups excluding carboxylic acids is 1. The number of aromatic nitrogens is 1. The third kappa shape index (κ3) is 3.41. The van der Waals surface area contributed by atoms with Crippen molar-refractivity contribution >= 4 is 27.8 Å². The van der Waals surface area contributed by atoms with Gasteiger partial charge in [-0.05, 0) is 48.4 Å². The minimum absolute atomic E-state index is 0.0256. The fraction of sp³-hybridized carbons (Fsp3) is 0.167. The second kappa shape index (κ2) is 7.69. The van der Waals surface area contributed by atoms with Crippen LogP contribution in [0.1, 0.15) is 18.9 Å². The lowest BCUT2D eigenvalue weighted by Gasteiger charge is -2.14. The van der Waals surface area contributed by atoms with E-state index in [-0.39, 0.29) is 17.9 Å². The van der Waals surface area contributed by atoms with Gasteiger partial charge in [-0.25, -0.2) is 4.79 Å². The molecule has 0 fully saturated rings. The van der Waals surface area contributed by atoms with Crippen LogP contribution in [0.5, 0.6) is 5.75 Å². The van der Waals surface area contributed by atoms with E-state index in [4.69, 9.17) is 4.74 Å². The lowest BCUT2D eigenvalue weighted by Crippen LogP contribution is -2.19. The number of fused-ring (bicyclic) bond motifs is 2. The second-order valence-electron chi connectivity index (χ2n) is 6.82. The number of rotatable bonds is 5. The van der Waals surface area contributed by atoms with Gasteiger partial charge in [-0.2, -0.15) is 0 Å². The molecule has 140 valence electrons. The third-order valence-corrected chi connectivity index (χ3v) is 4.86. The van der Waals surface area contributed by atoms with Crippen LogP contribution in [0.15, 0.2) is 77.6 Å². The molecular weight excluding hydrogens is 350 g/mol. The highest BCUT2D eigenvalue weighted by Gasteiger charge is 2.14. The molecule has 4 nitrogen and oxygen atoms in total. The van der Waals surface area contributed by atoms with Crippen LogP contribution in [0.3, 0.4) is 0 Å². The fourth-order valence-electron chi connectivity index (χ4n) is 3.55. The summed E-state index contributed by atoms with van der Waals surface area (Å²) in [6.45, 7) is 2.16. The number of aryl methyl sites for hydroxylation is 1. The largest absolute Gasteiger partial charge is 0.425 e. The molecule has 0 spiro atoms. The van der Waals surface area contributed by atoms with Gasteiger partial charge < -0.3 is 9.30 Å². The van der Waals surface area contributed by atoms with Crippen molar-refractivity contribution in [3.63, 3.8) is 0 Å². The third-order valence-electron chi connectivity index (χ3n) is 4.86. The first-order valence-electron chi connectivity index (χ1n) is 9.47. The average Bonchev–Trinajstić information content (AvgIpc) is 2.73. The zero-order valence-corrected chi connectivity index (χ0v) is 15.7. The molecular formula is C24H21NO3. The summed E-state index contributed by atoms with van der Waals surface area (Å²) in [6, 6.07) is 22.3. The van der Waals surface area contributed by atoms with Gasteiger partial charge in [0.2, 0.25) is 0 Å². The minimum Gasteiger partial charge on any atom is -0.425 e. The van der Waals surface area contributed by atoms with Gasteiger partial charge >= 0.3 is 5.97 Å². The average molecular weight is 371 g/mol. The quantitative estimate of drug-likeness (QED) is 0.290. The first-order chi connectivity index (χ1) is 13.7. The van der Waals surface area contributed by atoms with Gasteiger partial charge in [-0.3, -0.25) is 4.79 Å². The summed E-state index contributed by atoms with van der Waals surface area (Å²) in [4.78, 5) is 25.4. The Bertz CT molecular complexity index is 1150. The van der Waals surface area contributed by atoms with E-state index in [1.165, 1.54) is 5.56 Å². The van der Waals surface area contributed by atoms with Gasteiger partial charge in [0, 0.05) is 10.8 Å². The van der Waals surface area contributed by atoms with E-state index in [2.05, 4.69) is 6.92 Å². The van der Waals surface area contributed by atoms with E-state index >= 15 is 0 Å². The normalized spacial score (nSPS) is 11.0. The SMILES string of the molecule is CCCc1ccc(OC(=O)Cn2c3ccccc3c(=O)c3ccccc32)cc1. The molecule has 0 N–H and O–H groups in total. The van der Waals surface area contributed by atoms with E-state index in [1.807, 2.05) is 65.2 Å². The van der Waals surface area contributed by atoms with E-state index in [0.717, 1.165) is 23.9 Å². The van der Waals surface area contributed by atoms with Gasteiger partial charge in [0.15, 0.2) is 5.43 Å². The van der Waals surface area contributed by atoms with Gasteiger partial charge in [0.25, 0.3) is 0 Å². The Hall–Kier alpha value is -3.40. The molecule has 4 rings (SSSR count). The summed E-state index contributed by atoms with van der Waals surface area (Å²) in [6.07, 6.45) is 2.08. The number of benzene rings is 3. The summed E-state index contributed by atoms with van der Waals surface area (Å²) < 4.78 is 7.39. The molecule has 0 atom stereocenters. The maximum atomic E-state index is 12.8. The lowest BCUT2D eigenvalue weighted by molar-refractivity contribution is -0.134. The van der Waals surface area contributed by atoms with Gasteiger partial charge in [0.1, 0.15) is 12.3 Å². The molecule has 0 radical (unpaired) electrons. The van der Waals surface area contributed by atoms with Crippen LogP contribution in [0.25, 0.3) is 21.8 Å². The van der Waals surface area contributed by atoms with Crippen molar-refractivity contribution in [1.29, 1.82) is 0 Å². The van der Waals surface area contributed by atoms with Crippen LogP contribution in [0.4, 0.5) is 0 Å². The van der Waals surface area contributed by atoms with E-state index in [1.54, 1.807) is 12.1 Å². The number of hydrogen-bond acceptors (Lipinski definition) is 3. The summed E-state index contributed by atoms with van der Waals surface area (Å²) in [7, 11) is 0. The zero-order valence-electron chi connectivity index (χ0n) is 15.7. The summed E-state index contributed by atoms with van der Waals surface area (Å²) >= 11 is 0. The number of carbonyl (C=O) groups is 1. The summed E-state index contributed by atoms with van der Waals surface area (Å²) in [5.74, 6) is 0.154. The Kier molecular flexibility index (Phi) is 4.94. The van der Waals surface area contributed by atoms with Crippen molar-refractivity contribution in [2.24, 2.45) is 0 Å². The predicted octanol–water partition coefficient (Wildman–Crippen LogP) is 4.71. The second-order valence-corrected chi connectivity index (χ2v) is 6.82. The Labute approximate surface area is 163 Å². The first-order valence-corrected chi connectivity index (χ1v) is 9.47. The summed E-state index contributed by atoms with van der Waals surface area (Å²) in [5, 5.41) is 1.19. The van der Waals surface area contributed by atoms with Crippen molar-refractivity contribution in [1.82, 2.24) is 4.57 Å². The highest BCUT2D eigenvalue weighted by molar-refractivity contribution is 5.94. The molecule has 0 bridgehead atoms. The number of nitrogens with zero attached hydrogens (tertiary/aromatic N) is 1. The predicted molar refractivity (Wildman–Crippen MR) is 112 cm³/mol. The number of hydrogen-bond donors (Lipinski definition) is 0. The molecule has 0 unspecified atom stereocenters. The Morgan fingerprint density at radius 2 is 1.43 bits per heavy atom. The molecule has 4 heteroatoms. The van der Waals surface area contributed by atoms with Crippen molar-refractivity contribution in [2.75, 3.05) is 0 Å². The standard InChI is InChI=1S/C24H21NO3/c1-2-7-17-12-14-18(15-13-17)28-23(26)16-25-21-10-5-3-8-19(21)24(27)20-9-4-6-11-22(20)25/h3-6,8-15H,2,7,16H2,1H3.